The van der Waals surface area contributed by atoms with E-state index in [0.717, 1.165) is 25.7 Å². The van der Waals surface area contributed by atoms with Crippen LogP contribution in [0, 0.1) is 23.7 Å². The molecule has 0 aromatic carbocycles. The summed E-state index contributed by atoms with van der Waals surface area (Å²) in [6.45, 7) is 4.24. The summed E-state index contributed by atoms with van der Waals surface area (Å²) in [4.78, 5) is 34.4. The zero-order chi connectivity index (χ0) is 27.7. The fourth-order valence-electron chi connectivity index (χ4n) is 5.71. The molecule has 0 bridgehead atoms. The molecule has 3 atom stereocenters. The van der Waals surface area contributed by atoms with E-state index in [9.17, 15) is 22.8 Å². The van der Waals surface area contributed by atoms with E-state index in [1.807, 2.05) is 6.92 Å². The predicted molar refractivity (Wildman–Crippen MR) is 134 cm³/mol. The summed E-state index contributed by atoms with van der Waals surface area (Å²) in [7, 11) is 0. The Morgan fingerprint density at radius 2 is 2.00 bits per heavy atom. The molecule has 2 amide bonds. The third-order valence-electron chi connectivity index (χ3n) is 8.03. The molecule has 13 heteroatoms. The van der Waals surface area contributed by atoms with Crippen LogP contribution >= 0.6 is 0 Å². The molecule has 1 unspecified atom stereocenters. The van der Waals surface area contributed by atoms with Crippen LogP contribution in [0.1, 0.15) is 74.0 Å². The van der Waals surface area contributed by atoms with Gasteiger partial charge in [0, 0.05) is 25.4 Å². The van der Waals surface area contributed by atoms with Gasteiger partial charge in [-0.25, -0.2) is 19.2 Å². The monoisotopic (exact) mass is 546 g/mol. The van der Waals surface area contributed by atoms with E-state index in [1.165, 1.54) is 11.0 Å². The Bertz CT molecular complexity index is 1330. The van der Waals surface area contributed by atoms with Crippen LogP contribution in [0.4, 0.5) is 13.2 Å². The number of nitrogens with one attached hydrogen (secondary N) is 2. The first kappa shape index (κ1) is 27.1. The standard InChI is InChI=1S/C26H33F3N8O2/c1-3-36-23(31-14-32-36)25(39)34-22(16-6-4-15(2)5-7-16)20-13-37-21(33-20)9-8-19(35-37)11-17-10-18(26(27,28)29)12-30-24(17)38/h8-9,13-18,22H,3-7,10-12H2,1-2H3,(H,30,38)(H,34,39)/t15?,16?,17?,18-,22+/m1/s1. The van der Waals surface area contributed by atoms with Gasteiger partial charge >= 0.3 is 6.18 Å². The second-order valence-corrected chi connectivity index (χ2v) is 10.8. The lowest BCUT2D eigenvalue weighted by molar-refractivity contribution is -0.183. The summed E-state index contributed by atoms with van der Waals surface area (Å²) in [5.74, 6) is -2.06. The van der Waals surface area contributed by atoms with Gasteiger partial charge in [0.1, 0.15) is 6.33 Å². The van der Waals surface area contributed by atoms with Crippen molar-refractivity contribution in [3.63, 3.8) is 0 Å². The molecule has 2 aliphatic rings. The van der Waals surface area contributed by atoms with E-state index in [-0.39, 0.29) is 36.5 Å². The van der Waals surface area contributed by atoms with Gasteiger partial charge in [-0.3, -0.25) is 9.59 Å². The van der Waals surface area contributed by atoms with E-state index in [1.54, 1.807) is 22.8 Å². The number of halogens is 3. The zero-order valence-corrected chi connectivity index (χ0v) is 22.0. The number of imidazole rings is 1. The van der Waals surface area contributed by atoms with E-state index in [4.69, 9.17) is 4.98 Å². The third-order valence-corrected chi connectivity index (χ3v) is 8.03. The molecule has 2 N–H and O–H groups in total. The SMILES string of the molecule is CCn1ncnc1C(=O)N[C@H](c1cn2nc(CC3C[C@@H](C(F)(F)F)CNC3=O)ccc2n1)C1CCC(C)CC1. The molecule has 1 aliphatic heterocycles. The number of carbonyl (C=O) groups excluding carboxylic acids is 2. The van der Waals surface area contributed by atoms with Crippen LogP contribution in [0.25, 0.3) is 5.65 Å². The number of aromatic nitrogens is 6. The average Bonchev–Trinajstić information content (AvgIpc) is 3.55. The van der Waals surface area contributed by atoms with Crippen LogP contribution in [0.2, 0.25) is 0 Å². The number of carbonyl (C=O) groups is 2. The summed E-state index contributed by atoms with van der Waals surface area (Å²) in [5, 5.41) is 14.2. The molecular formula is C26H33F3N8O2. The van der Waals surface area contributed by atoms with Gasteiger partial charge in [0.15, 0.2) is 5.65 Å². The highest BCUT2D eigenvalue weighted by Gasteiger charge is 2.44. The maximum Gasteiger partial charge on any atom is 0.393 e. The quantitative estimate of drug-likeness (QED) is 0.468. The van der Waals surface area contributed by atoms with Crippen molar-refractivity contribution in [2.75, 3.05) is 6.54 Å². The predicted octanol–water partition coefficient (Wildman–Crippen LogP) is 3.50. The van der Waals surface area contributed by atoms with Crippen molar-refractivity contribution in [2.45, 2.75) is 71.1 Å². The van der Waals surface area contributed by atoms with Crippen molar-refractivity contribution < 1.29 is 22.8 Å². The molecule has 210 valence electrons. The number of aryl methyl sites for hydroxylation is 1. The molecule has 10 nitrogen and oxygen atoms in total. The topological polar surface area (TPSA) is 119 Å². The number of alkyl halides is 3. The summed E-state index contributed by atoms with van der Waals surface area (Å²) in [5.41, 5.74) is 1.70. The number of amides is 2. The normalized spacial score (nSPS) is 24.9. The van der Waals surface area contributed by atoms with Crippen LogP contribution in [-0.4, -0.2) is 53.9 Å². The molecule has 2 fully saturated rings. The third kappa shape index (κ3) is 5.91. The van der Waals surface area contributed by atoms with Gasteiger partial charge in [-0.1, -0.05) is 19.8 Å². The largest absolute Gasteiger partial charge is 0.393 e. The number of rotatable bonds is 7. The second-order valence-electron chi connectivity index (χ2n) is 10.8. The zero-order valence-electron chi connectivity index (χ0n) is 22.0. The molecule has 1 saturated carbocycles. The van der Waals surface area contributed by atoms with E-state index in [0.29, 0.717) is 29.5 Å². The number of fused-ring (bicyclic) bond motifs is 1. The van der Waals surface area contributed by atoms with Gasteiger partial charge in [-0.15, -0.1) is 0 Å². The van der Waals surface area contributed by atoms with Crippen LogP contribution in [0.3, 0.4) is 0 Å². The van der Waals surface area contributed by atoms with Gasteiger partial charge in [-0.2, -0.15) is 23.4 Å². The maximum atomic E-state index is 13.2. The fraction of sp³-hybridized carbons (Fsp3) is 0.615. The van der Waals surface area contributed by atoms with Crippen molar-refractivity contribution in [3.8, 4) is 0 Å². The Morgan fingerprint density at radius 1 is 1.23 bits per heavy atom. The molecule has 4 heterocycles. The molecule has 1 aliphatic carbocycles. The maximum absolute atomic E-state index is 13.2. The van der Waals surface area contributed by atoms with Gasteiger partial charge < -0.3 is 10.6 Å². The molecule has 3 aromatic rings. The Morgan fingerprint density at radius 3 is 2.72 bits per heavy atom. The highest BCUT2D eigenvalue weighted by Crippen LogP contribution is 2.37. The number of piperidine rings is 1. The first-order valence-corrected chi connectivity index (χ1v) is 13.5. The highest BCUT2D eigenvalue weighted by molar-refractivity contribution is 5.90. The number of nitrogens with zero attached hydrogens (tertiary/aromatic N) is 6. The Balaban J connectivity index is 1.38. The molecular weight excluding hydrogens is 513 g/mol. The van der Waals surface area contributed by atoms with Crippen LogP contribution in [0.15, 0.2) is 24.7 Å². The minimum absolute atomic E-state index is 0.0925. The summed E-state index contributed by atoms with van der Waals surface area (Å²) < 4.78 is 42.9. The second kappa shape index (κ2) is 10.9. The average molecular weight is 547 g/mol. The Kier molecular flexibility index (Phi) is 7.59. The first-order valence-electron chi connectivity index (χ1n) is 13.5. The van der Waals surface area contributed by atoms with Crippen molar-refractivity contribution >= 4 is 17.5 Å². The van der Waals surface area contributed by atoms with Gasteiger partial charge in [0.05, 0.1) is 29.5 Å². The molecule has 0 radical (unpaired) electrons. The highest BCUT2D eigenvalue weighted by atomic mass is 19.4. The van der Waals surface area contributed by atoms with Crippen LogP contribution in [0.5, 0.6) is 0 Å². The minimum atomic E-state index is -4.36. The lowest BCUT2D eigenvalue weighted by Gasteiger charge is -2.32. The van der Waals surface area contributed by atoms with Crippen molar-refractivity contribution in [1.29, 1.82) is 0 Å². The molecule has 1 saturated heterocycles. The minimum Gasteiger partial charge on any atom is -0.355 e. The Labute approximate surface area is 223 Å². The Hall–Kier alpha value is -3.51. The molecule has 3 aromatic heterocycles. The molecule has 39 heavy (non-hydrogen) atoms. The first-order chi connectivity index (χ1) is 18.6. The molecule has 5 rings (SSSR count). The van der Waals surface area contributed by atoms with Crippen molar-refractivity contribution in [3.05, 3.63) is 41.9 Å². The summed E-state index contributed by atoms with van der Waals surface area (Å²) in [6, 6.07) is 3.06. The smallest absolute Gasteiger partial charge is 0.355 e. The van der Waals surface area contributed by atoms with Gasteiger partial charge in [0.25, 0.3) is 5.91 Å². The summed E-state index contributed by atoms with van der Waals surface area (Å²) >= 11 is 0. The number of hydrogen-bond acceptors (Lipinski definition) is 6. The fourth-order valence-corrected chi connectivity index (χ4v) is 5.71. The lowest BCUT2D eigenvalue weighted by Crippen LogP contribution is -2.47. The van der Waals surface area contributed by atoms with Gasteiger partial charge in [0.2, 0.25) is 11.7 Å². The van der Waals surface area contributed by atoms with Crippen molar-refractivity contribution in [1.82, 2.24) is 40.0 Å². The van der Waals surface area contributed by atoms with E-state index < -0.39 is 30.5 Å². The van der Waals surface area contributed by atoms with Gasteiger partial charge in [-0.05, 0) is 50.2 Å². The van der Waals surface area contributed by atoms with Crippen molar-refractivity contribution in [2.24, 2.45) is 23.7 Å². The van der Waals surface area contributed by atoms with Crippen LogP contribution < -0.4 is 10.6 Å². The molecule has 0 spiro atoms. The van der Waals surface area contributed by atoms with Crippen LogP contribution in [-0.2, 0) is 17.8 Å². The summed E-state index contributed by atoms with van der Waals surface area (Å²) in [6.07, 6.45) is 2.58. The lowest BCUT2D eigenvalue weighted by atomic mass is 9.78. The van der Waals surface area contributed by atoms with E-state index >= 15 is 0 Å². The number of hydrogen-bond donors (Lipinski definition) is 2. The van der Waals surface area contributed by atoms with E-state index in [2.05, 4.69) is 32.7 Å².